The Morgan fingerprint density at radius 1 is 0.947 bits per heavy atom. The number of rotatable bonds is 6. The molecule has 1 fully saturated rings. The predicted molar refractivity (Wildman–Crippen MR) is 156 cm³/mol. The standard InChI is InChI=1S/C33H32N2O2P/c1-23(26-17-11-19-31(26)38(24-12-5-3-6-13-24)25-14-7-4-8-15-25)35-21-20-28-27-16-9-10-18-30(27)34-32(28)29(22-35)33(36)37-2/h3-19,23,29,34H,20-22H2,1-2H3/t23-,29?/m1/s1. The number of hydrogen-bond acceptors (Lipinski definition) is 3. The van der Waals surface area contributed by atoms with Crippen LogP contribution in [0.1, 0.15) is 24.1 Å². The Kier molecular flexibility index (Phi) is 7.37. The van der Waals surface area contributed by atoms with Gasteiger partial charge in [0.2, 0.25) is 0 Å². The lowest BCUT2D eigenvalue weighted by molar-refractivity contribution is -0.143. The van der Waals surface area contributed by atoms with Crippen LogP contribution in [-0.4, -0.2) is 42.1 Å². The third-order valence-electron chi connectivity index (χ3n) is 7.84. The van der Waals surface area contributed by atoms with Crippen LogP contribution >= 0.6 is 7.92 Å². The molecule has 191 valence electrons. The number of para-hydroxylation sites is 1. The second kappa shape index (κ2) is 11.0. The maximum Gasteiger partial charge on any atom is 0.315 e. The molecule has 4 aromatic rings. The van der Waals surface area contributed by atoms with Gasteiger partial charge in [-0.2, -0.15) is 0 Å². The van der Waals surface area contributed by atoms with Gasteiger partial charge in [0.1, 0.15) is 5.92 Å². The van der Waals surface area contributed by atoms with Gasteiger partial charge in [0.05, 0.1) is 7.11 Å². The van der Waals surface area contributed by atoms with Crippen molar-refractivity contribution in [3.8, 4) is 0 Å². The summed E-state index contributed by atoms with van der Waals surface area (Å²) in [6.07, 6.45) is 7.64. The van der Waals surface area contributed by atoms with Gasteiger partial charge in [-0.3, -0.25) is 9.69 Å². The smallest absolute Gasteiger partial charge is 0.315 e. The van der Waals surface area contributed by atoms with E-state index in [9.17, 15) is 4.79 Å². The van der Waals surface area contributed by atoms with Crippen LogP contribution in [0.3, 0.4) is 0 Å². The largest absolute Gasteiger partial charge is 0.468 e. The van der Waals surface area contributed by atoms with Gasteiger partial charge in [0.25, 0.3) is 0 Å². The quantitative estimate of drug-likeness (QED) is 0.269. The minimum atomic E-state index is -0.702. The molecule has 0 bridgehead atoms. The summed E-state index contributed by atoms with van der Waals surface area (Å²) in [6.45, 7) is 3.78. The summed E-state index contributed by atoms with van der Waals surface area (Å²) in [5, 5.41) is 3.90. The van der Waals surface area contributed by atoms with Gasteiger partial charge in [0.15, 0.2) is 0 Å². The third kappa shape index (κ3) is 4.70. The van der Waals surface area contributed by atoms with E-state index in [-0.39, 0.29) is 17.9 Å². The second-order valence-electron chi connectivity index (χ2n) is 9.93. The van der Waals surface area contributed by atoms with E-state index in [4.69, 9.17) is 4.74 Å². The fourth-order valence-corrected chi connectivity index (χ4v) is 8.46. The number of carbonyl (C=O) groups is 1. The average Bonchev–Trinajstić information content (AvgIpc) is 3.54. The highest BCUT2D eigenvalue weighted by molar-refractivity contribution is 7.76. The lowest BCUT2D eigenvalue weighted by Gasteiger charge is -2.38. The van der Waals surface area contributed by atoms with E-state index in [0.717, 1.165) is 24.2 Å². The number of aromatic amines is 1. The number of aromatic nitrogens is 1. The van der Waals surface area contributed by atoms with E-state index >= 15 is 0 Å². The van der Waals surface area contributed by atoms with Crippen LogP contribution in [0.25, 0.3) is 10.9 Å². The van der Waals surface area contributed by atoms with Crippen molar-refractivity contribution >= 4 is 35.4 Å². The molecule has 2 heterocycles. The molecule has 2 aliphatic rings. The number of hydrogen-bond donors (Lipinski definition) is 1. The van der Waals surface area contributed by atoms with Crippen molar-refractivity contribution in [1.29, 1.82) is 0 Å². The van der Waals surface area contributed by atoms with Crippen LogP contribution in [-0.2, 0) is 16.0 Å². The Labute approximate surface area is 227 Å². The Hall–Kier alpha value is -2.94. The van der Waals surface area contributed by atoms with Gasteiger partial charge in [0, 0.05) is 47.3 Å². The van der Waals surface area contributed by atoms with Crippen molar-refractivity contribution in [1.82, 2.24) is 9.88 Å². The molecule has 38 heavy (non-hydrogen) atoms. The van der Waals surface area contributed by atoms with E-state index < -0.39 is 7.92 Å². The molecule has 2 atom stereocenters. The molecule has 5 heteroatoms. The average molecular weight is 520 g/mol. The van der Waals surface area contributed by atoms with Crippen LogP contribution in [0.4, 0.5) is 0 Å². The second-order valence-corrected chi connectivity index (χ2v) is 12.1. The third-order valence-corrected chi connectivity index (χ3v) is 10.4. The van der Waals surface area contributed by atoms with Crippen LogP contribution in [0.15, 0.2) is 84.9 Å². The number of esters is 1. The van der Waals surface area contributed by atoms with Crippen molar-refractivity contribution in [2.24, 2.45) is 0 Å². The number of nitrogens with one attached hydrogen (secondary N) is 1. The van der Waals surface area contributed by atoms with Gasteiger partial charge < -0.3 is 9.72 Å². The number of carbonyl (C=O) groups excluding carboxylic acids is 1. The van der Waals surface area contributed by atoms with Gasteiger partial charge >= 0.3 is 5.97 Å². The van der Waals surface area contributed by atoms with Crippen LogP contribution < -0.4 is 10.6 Å². The maximum absolute atomic E-state index is 13.1. The normalized spacial score (nSPS) is 19.9. The fourth-order valence-electron chi connectivity index (χ4n) is 5.91. The topological polar surface area (TPSA) is 45.3 Å². The molecule has 0 amide bonds. The van der Waals surface area contributed by atoms with E-state index in [0.29, 0.717) is 6.54 Å². The van der Waals surface area contributed by atoms with E-state index in [1.54, 1.807) is 0 Å². The number of H-pyrrole nitrogens is 1. The van der Waals surface area contributed by atoms with E-state index in [1.165, 1.54) is 40.2 Å². The zero-order valence-corrected chi connectivity index (χ0v) is 22.7. The van der Waals surface area contributed by atoms with Crippen molar-refractivity contribution in [2.75, 3.05) is 20.2 Å². The zero-order valence-electron chi connectivity index (χ0n) is 21.8. The minimum Gasteiger partial charge on any atom is -0.468 e. The number of ether oxygens (including phenoxy) is 1. The molecular weight excluding hydrogens is 487 g/mol. The maximum atomic E-state index is 13.1. The predicted octanol–water partition coefficient (Wildman–Crippen LogP) is 5.54. The summed E-state index contributed by atoms with van der Waals surface area (Å²) in [7, 11) is 0.790. The molecular formula is C33H32N2O2P. The minimum absolute atomic E-state index is 0.153. The molecule has 5 radical (unpaired) electrons. The molecule has 1 unspecified atom stereocenters. The lowest BCUT2D eigenvalue weighted by Crippen LogP contribution is -2.42. The Bertz CT molecular complexity index is 1350. The molecule has 3 aromatic carbocycles. The number of fused-ring (bicyclic) bond motifs is 3. The fraction of sp³-hybridized carbons (Fsp3) is 0.212. The lowest BCUT2D eigenvalue weighted by atomic mass is 9.96. The number of benzene rings is 3. The highest BCUT2D eigenvalue weighted by Gasteiger charge is 2.43. The molecule has 4 nitrogen and oxygen atoms in total. The monoisotopic (exact) mass is 519 g/mol. The summed E-state index contributed by atoms with van der Waals surface area (Å²) in [5.41, 5.74) is 4.71. The van der Waals surface area contributed by atoms with E-state index in [1.807, 2.05) is 6.07 Å². The van der Waals surface area contributed by atoms with Gasteiger partial charge in [-0.1, -0.05) is 78.9 Å². The van der Waals surface area contributed by atoms with Gasteiger partial charge in [-0.05, 0) is 62.8 Å². The first-order valence-electron chi connectivity index (χ1n) is 13.2. The first kappa shape index (κ1) is 25.3. The van der Waals surface area contributed by atoms with Crippen molar-refractivity contribution < 1.29 is 9.53 Å². The highest BCUT2D eigenvalue weighted by atomic mass is 31.1. The Morgan fingerprint density at radius 3 is 2.29 bits per heavy atom. The Balaban J connectivity index is 1.32. The summed E-state index contributed by atoms with van der Waals surface area (Å²) in [5.74, 6) is 0.800. The van der Waals surface area contributed by atoms with Crippen molar-refractivity contribution in [3.05, 3.63) is 127 Å². The van der Waals surface area contributed by atoms with Crippen LogP contribution in [0.2, 0.25) is 0 Å². The van der Waals surface area contributed by atoms with Gasteiger partial charge in [-0.25, -0.2) is 0 Å². The molecule has 1 saturated carbocycles. The first-order chi connectivity index (χ1) is 18.7. The zero-order chi connectivity index (χ0) is 26.1. The molecule has 1 aliphatic heterocycles. The molecule has 0 spiro atoms. The summed E-state index contributed by atoms with van der Waals surface area (Å²) < 4.78 is 5.31. The summed E-state index contributed by atoms with van der Waals surface area (Å²) in [6, 6.07) is 30.2. The first-order valence-corrected chi connectivity index (χ1v) is 14.6. The van der Waals surface area contributed by atoms with Crippen molar-refractivity contribution in [2.45, 2.75) is 25.3 Å². The number of methoxy groups -OCH3 is 1. The summed E-state index contributed by atoms with van der Waals surface area (Å²) in [4.78, 5) is 19.1. The molecule has 1 aliphatic carbocycles. The molecule has 1 N–H and O–H groups in total. The molecule has 0 saturated heterocycles. The molecule has 6 rings (SSSR count). The van der Waals surface area contributed by atoms with Crippen molar-refractivity contribution in [3.63, 3.8) is 0 Å². The Morgan fingerprint density at radius 2 is 1.61 bits per heavy atom. The highest BCUT2D eigenvalue weighted by Crippen LogP contribution is 2.57. The van der Waals surface area contributed by atoms with Gasteiger partial charge in [-0.15, -0.1) is 0 Å². The molecule has 1 aromatic heterocycles. The van der Waals surface area contributed by atoms with Crippen LogP contribution in [0.5, 0.6) is 0 Å². The van der Waals surface area contributed by atoms with E-state index in [2.05, 4.69) is 115 Å². The summed E-state index contributed by atoms with van der Waals surface area (Å²) >= 11 is 0. The van der Waals surface area contributed by atoms with Crippen LogP contribution in [0, 0.1) is 30.8 Å². The SMILES string of the molecule is COC(=O)C1CN([C@H](C)[C]2[CH][CH][CH][C]2P(c2ccccc2)c2ccccc2)CCc2c1[nH]c1ccccc21. The number of nitrogens with zero attached hydrogens (tertiary/aromatic N) is 1.